The van der Waals surface area contributed by atoms with E-state index < -0.39 is 10.8 Å². The molecule has 1 aromatic heterocycles. The maximum absolute atomic E-state index is 12.1. The third kappa shape index (κ3) is 5.32. The highest BCUT2D eigenvalue weighted by Gasteiger charge is 2.16. The number of carbonyl (C=O) groups is 1. The molecule has 0 spiro atoms. The number of amides is 1. The monoisotopic (exact) mass is 414 g/mol. The van der Waals surface area contributed by atoms with E-state index in [4.69, 9.17) is 9.15 Å². The smallest absolute Gasteiger partial charge is 0.292 e. The number of nitrogens with zero attached hydrogens (tertiary/aromatic N) is 3. The first-order valence-corrected chi connectivity index (χ1v) is 9.60. The van der Waals surface area contributed by atoms with E-state index in [1.807, 2.05) is 32.0 Å². The minimum atomic E-state index is -0.552. The highest BCUT2D eigenvalue weighted by molar-refractivity contribution is 7.99. The van der Waals surface area contributed by atoms with Crippen LogP contribution in [0.25, 0.3) is 0 Å². The van der Waals surface area contributed by atoms with Crippen molar-refractivity contribution in [3.8, 4) is 5.75 Å². The van der Waals surface area contributed by atoms with Crippen molar-refractivity contribution in [3.63, 3.8) is 0 Å². The van der Waals surface area contributed by atoms with Crippen LogP contribution in [0.4, 0.5) is 11.4 Å². The maximum atomic E-state index is 12.1. The zero-order valence-corrected chi connectivity index (χ0v) is 16.6. The Hall–Kier alpha value is -3.40. The van der Waals surface area contributed by atoms with Gasteiger partial charge in [-0.1, -0.05) is 42.1 Å². The van der Waals surface area contributed by atoms with Gasteiger partial charge in [-0.25, -0.2) is 0 Å². The van der Waals surface area contributed by atoms with Crippen molar-refractivity contribution in [2.75, 3.05) is 11.1 Å². The molecule has 0 bridgehead atoms. The number of ether oxygens (including phenoxy) is 1. The minimum Gasteiger partial charge on any atom is -0.483 e. The Labute approximate surface area is 170 Å². The molecular formula is C19H18N4O5S. The molecule has 2 aromatic carbocycles. The van der Waals surface area contributed by atoms with Gasteiger partial charge in [-0.15, -0.1) is 10.2 Å². The summed E-state index contributed by atoms with van der Waals surface area (Å²) < 4.78 is 11.2. The second-order valence-electron chi connectivity index (χ2n) is 6.08. The highest BCUT2D eigenvalue weighted by atomic mass is 32.2. The van der Waals surface area contributed by atoms with Crippen LogP contribution < -0.4 is 10.1 Å². The van der Waals surface area contributed by atoms with Crippen molar-refractivity contribution in [2.24, 2.45) is 0 Å². The third-order valence-corrected chi connectivity index (χ3v) is 4.72. The first-order valence-electron chi connectivity index (χ1n) is 8.61. The van der Waals surface area contributed by atoms with Crippen molar-refractivity contribution in [1.29, 1.82) is 0 Å². The summed E-state index contributed by atoms with van der Waals surface area (Å²) in [5.74, 6) is 0.597. The molecule has 0 saturated heterocycles. The van der Waals surface area contributed by atoms with Crippen molar-refractivity contribution in [3.05, 3.63) is 69.6 Å². The van der Waals surface area contributed by atoms with Crippen LogP contribution in [0.15, 0.2) is 52.1 Å². The number of anilines is 1. The largest absolute Gasteiger partial charge is 0.483 e. The Morgan fingerprint density at radius 1 is 1.17 bits per heavy atom. The van der Waals surface area contributed by atoms with Gasteiger partial charge in [-0.2, -0.15) is 0 Å². The fourth-order valence-electron chi connectivity index (χ4n) is 2.57. The lowest BCUT2D eigenvalue weighted by Gasteiger charge is -2.09. The lowest BCUT2D eigenvalue weighted by atomic mass is 10.1. The van der Waals surface area contributed by atoms with Crippen molar-refractivity contribution >= 4 is 29.0 Å². The Kier molecular flexibility index (Phi) is 6.45. The minimum absolute atomic E-state index is 0.0363. The molecule has 0 aliphatic rings. The summed E-state index contributed by atoms with van der Waals surface area (Å²) >= 11 is 1.03. The molecule has 9 nitrogen and oxygen atoms in total. The Bertz CT molecular complexity index is 1020. The number of nitrogens with one attached hydrogen (secondary N) is 1. The van der Waals surface area contributed by atoms with E-state index >= 15 is 0 Å². The molecule has 0 aliphatic carbocycles. The van der Waals surface area contributed by atoms with E-state index in [9.17, 15) is 14.9 Å². The molecule has 0 aliphatic heterocycles. The number of nitro benzene ring substituents is 1. The Balaban J connectivity index is 1.53. The topological polar surface area (TPSA) is 120 Å². The van der Waals surface area contributed by atoms with Crippen LogP contribution in [0.3, 0.4) is 0 Å². The zero-order chi connectivity index (χ0) is 20.8. The second-order valence-corrected chi connectivity index (χ2v) is 7.01. The van der Waals surface area contributed by atoms with Gasteiger partial charge in [-0.05, 0) is 31.0 Å². The number of para-hydroxylation sites is 3. The number of rotatable bonds is 8. The standard InChI is InChI=1S/C19H18N4O5S/c1-12-6-5-7-13(2)18(12)27-10-17-21-22-19(28-17)29-11-16(24)20-14-8-3-4-9-15(14)23(25)26/h3-9H,10-11H2,1-2H3,(H,20,24). The summed E-state index contributed by atoms with van der Waals surface area (Å²) in [7, 11) is 0. The number of hydrogen-bond acceptors (Lipinski definition) is 8. The van der Waals surface area contributed by atoms with E-state index in [0.717, 1.165) is 28.6 Å². The number of aromatic nitrogens is 2. The van der Waals surface area contributed by atoms with E-state index in [0.29, 0.717) is 0 Å². The normalized spacial score (nSPS) is 10.6. The number of aryl methyl sites for hydroxylation is 2. The van der Waals surface area contributed by atoms with E-state index in [1.165, 1.54) is 18.2 Å². The van der Waals surface area contributed by atoms with Crippen LogP contribution in [0.1, 0.15) is 17.0 Å². The van der Waals surface area contributed by atoms with Gasteiger partial charge in [0.05, 0.1) is 10.7 Å². The van der Waals surface area contributed by atoms with E-state index in [-0.39, 0.29) is 34.8 Å². The molecule has 10 heteroatoms. The molecule has 0 atom stereocenters. The van der Waals surface area contributed by atoms with Crippen LogP contribution in [-0.2, 0) is 11.4 Å². The van der Waals surface area contributed by atoms with Gasteiger partial charge in [-0.3, -0.25) is 14.9 Å². The average Bonchev–Trinajstić information content (AvgIpc) is 3.14. The number of hydrogen-bond donors (Lipinski definition) is 1. The summed E-state index contributed by atoms with van der Waals surface area (Å²) in [4.78, 5) is 22.5. The molecule has 150 valence electrons. The molecule has 0 unspecified atom stereocenters. The average molecular weight is 414 g/mol. The van der Waals surface area contributed by atoms with Crippen LogP contribution in [0.2, 0.25) is 0 Å². The van der Waals surface area contributed by atoms with Crippen molar-refractivity contribution < 1.29 is 18.9 Å². The van der Waals surface area contributed by atoms with Crippen LogP contribution in [-0.4, -0.2) is 26.8 Å². The number of thioether (sulfide) groups is 1. The molecular weight excluding hydrogens is 396 g/mol. The molecule has 1 heterocycles. The van der Waals surface area contributed by atoms with Crippen LogP contribution >= 0.6 is 11.8 Å². The zero-order valence-electron chi connectivity index (χ0n) is 15.7. The molecule has 1 amide bonds. The van der Waals surface area contributed by atoms with Crippen LogP contribution in [0, 0.1) is 24.0 Å². The van der Waals surface area contributed by atoms with Crippen molar-refractivity contribution in [2.45, 2.75) is 25.7 Å². The number of benzene rings is 2. The Morgan fingerprint density at radius 2 is 1.90 bits per heavy atom. The van der Waals surface area contributed by atoms with Gasteiger partial charge < -0.3 is 14.5 Å². The van der Waals surface area contributed by atoms with Crippen molar-refractivity contribution in [1.82, 2.24) is 10.2 Å². The molecule has 0 fully saturated rings. The van der Waals surface area contributed by atoms with Gasteiger partial charge >= 0.3 is 0 Å². The first-order chi connectivity index (χ1) is 13.9. The SMILES string of the molecule is Cc1cccc(C)c1OCc1nnc(SCC(=O)Nc2ccccc2[N+](=O)[O-])o1. The summed E-state index contributed by atoms with van der Waals surface area (Å²) in [5.41, 5.74) is 1.97. The van der Waals surface area contributed by atoms with Gasteiger partial charge in [0.2, 0.25) is 5.91 Å². The molecule has 3 rings (SSSR count). The lowest BCUT2D eigenvalue weighted by Crippen LogP contribution is -2.15. The van der Waals surface area contributed by atoms with E-state index in [1.54, 1.807) is 6.07 Å². The molecule has 3 aromatic rings. The second kappa shape index (κ2) is 9.20. The predicted octanol–water partition coefficient (Wildman–Crippen LogP) is 3.90. The van der Waals surface area contributed by atoms with Gasteiger partial charge in [0.25, 0.3) is 16.8 Å². The third-order valence-electron chi connectivity index (χ3n) is 3.90. The molecule has 29 heavy (non-hydrogen) atoms. The van der Waals surface area contributed by atoms with E-state index in [2.05, 4.69) is 15.5 Å². The fraction of sp³-hybridized carbons (Fsp3) is 0.211. The Morgan fingerprint density at radius 3 is 2.62 bits per heavy atom. The molecule has 1 N–H and O–H groups in total. The lowest BCUT2D eigenvalue weighted by molar-refractivity contribution is -0.383. The summed E-state index contributed by atoms with van der Waals surface area (Å²) in [6, 6.07) is 11.8. The fourth-order valence-corrected chi connectivity index (χ4v) is 3.15. The summed E-state index contributed by atoms with van der Waals surface area (Å²) in [6.07, 6.45) is 0. The highest BCUT2D eigenvalue weighted by Crippen LogP contribution is 2.25. The quantitative estimate of drug-likeness (QED) is 0.335. The van der Waals surface area contributed by atoms with Gasteiger partial charge in [0.15, 0.2) is 6.61 Å². The number of nitro groups is 1. The maximum Gasteiger partial charge on any atom is 0.292 e. The molecule has 0 radical (unpaired) electrons. The summed E-state index contributed by atoms with van der Waals surface area (Å²) in [6.45, 7) is 4.02. The summed E-state index contributed by atoms with van der Waals surface area (Å²) in [5, 5.41) is 21.5. The number of carbonyl (C=O) groups excluding carboxylic acids is 1. The van der Waals surface area contributed by atoms with Gasteiger partial charge in [0, 0.05) is 6.07 Å². The van der Waals surface area contributed by atoms with Crippen LogP contribution in [0.5, 0.6) is 5.75 Å². The predicted molar refractivity (Wildman–Crippen MR) is 107 cm³/mol. The molecule has 0 saturated carbocycles. The first kappa shape index (κ1) is 20.3. The van der Waals surface area contributed by atoms with Gasteiger partial charge in [0.1, 0.15) is 11.4 Å².